The summed E-state index contributed by atoms with van der Waals surface area (Å²) in [6.07, 6.45) is 0.601. The lowest BCUT2D eigenvalue weighted by Crippen LogP contribution is -2.56. The lowest BCUT2D eigenvalue weighted by molar-refractivity contribution is -0.155. The van der Waals surface area contributed by atoms with Crippen LogP contribution in [0, 0.1) is 0 Å². The molecule has 0 aromatic rings. The van der Waals surface area contributed by atoms with Gasteiger partial charge in [-0.05, 0) is 0 Å². The van der Waals surface area contributed by atoms with Crippen LogP contribution in [0.2, 0.25) is 0 Å². The van der Waals surface area contributed by atoms with Crippen molar-refractivity contribution in [3.63, 3.8) is 0 Å². The maximum Gasteiger partial charge on any atom is 0.312 e. The molecule has 3 heterocycles. The Morgan fingerprint density at radius 2 is 1.38 bits per heavy atom. The summed E-state index contributed by atoms with van der Waals surface area (Å²) in [4.78, 5) is 53.2. The first-order chi connectivity index (χ1) is 12.5. The second kappa shape index (κ2) is 7.81. The Hall–Kier alpha value is -2.49. The number of piperazine rings is 1. The second-order valence-corrected chi connectivity index (χ2v) is 6.45. The summed E-state index contributed by atoms with van der Waals surface area (Å²) in [5.41, 5.74) is 0.358. The molecule has 0 atom stereocenters. The Kier molecular flexibility index (Phi) is 5.50. The molecule has 0 aromatic heterocycles. The molecule has 2 fully saturated rings. The lowest BCUT2D eigenvalue weighted by Gasteiger charge is -2.36. The first kappa shape index (κ1) is 18.3. The van der Waals surface area contributed by atoms with E-state index in [2.05, 4.69) is 5.10 Å². The molecule has 0 radical (unpaired) electrons. The highest BCUT2D eigenvalue weighted by molar-refractivity contribution is 6.39. The third-order valence-corrected chi connectivity index (χ3v) is 4.79. The van der Waals surface area contributed by atoms with Gasteiger partial charge in [-0.25, -0.2) is 5.01 Å². The molecular weight excluding hydrogens is 342 g/mol. The van der Waals surface area contributed by atoms with Gasteiger partial charge in [-0.15, -0.1) is 0 Å². The number of ether oxygens (including phenoxy) is 1. The van der Waals surface area contributed by atoms with Crippen molar-refractivity contribution in [2.75, 3.05) is 59.5 Å². The Bertz CT molecular complexity index is 635. The molecule has 10 heteroatoms. The number of hydrogen-bond acceptors (Lipinski definition) is 6. The van der Waals surface area contributed by atoms with Gasteiger partial charge >= 0.3 is 11.8 Å². The highest BCUT2D eigenvalue weighted by Gasteiger charge is 2.33. The molecule has 0 saturated carbocycles. The van der Waals surface area contributed by atoms with Crippen LogP contribution in [-0.4, -0.2) is 109 Å². The number of hydrogen-bond donors (Lipinski definition) is 0. The summed E-state index contributed by atoms with van der Waals surface area (Å²) in [6.45, 7) is 3.05. The maximum absolute atomic E-state index is 12.5. The van der Waals surface area contributed by atoms with Gasteiger partial charge in [-0.2, -0.15) is 5.10 Å². The van der Waals surface area contributed by atoms with E-state index in [0.29, 0.717) is 64.6 Å². The number of morpholine rings is 1. The van der Waals surface area contributed by atoms with Crippen molar-refractivity contribution in [2.45, 2.75) is 12.8 Å². The Balaban J connectivity index is 1.53. The predicted molar refractivity (Wildman–Crippen MR) is 90.0 cm³/mol. The summed E-state index contributed by atoms with van der Waals surface area (Å²) >= 11 is 0. The molecule has 142 valence electrons. The van der Waals surface area contributed by atoms with Crippen molar-refractivity contribution in [1.29, 1.82) is 0 Å². The van der Waals surface area contributed by atoms with Crippen LogP contribution in [-0.2, 0) is 23.9 Å². The zero-order chi connectivity index (χ0) is 18.7. The topological polar surface area (TPSA) is 103 Å². The highest BCUT2D eigenvalue weighted by atomic mass is 16.5. The number of hydrazone groups is 1. The van der Waals surface area contributed by atoms with E-state index in [-0.39, 0.29) is 18.2 Å². The fourth-order valence-corrected chi connectivity index (χ4v) is 3.16. The van der Waals surface area contributed by atoms with Gasteiger partial charge in [-0.1, -0.05) is 0 Å². The van der Waals surface area contributed by atoms with E-state index >= 15 is 0 Å². The second-order valence-electron chi connectivity index (χ2n) is 6.45. The van der Waals surface area contributed by atoms with Gasteiger partial charge in [0.1, 0.15) is 5.71 Å². The first-order valence-electron chi connectivity index (χ1n) is 8.76. The molecule has 0 aromatic carbocycles. The van der Waals surface area contributed by atoms with E-state index in [1.807, 2.05) is 0 Å². The van der Waals surface area contributed by atoms with E-state index in [0.717, 1.165) is 0 Å². The van der Waals surface area contributed by atoms with Crippen molar-refractivity contribution >= 4 is 29.3 Å². The number of nitrogens with zero attached hydrogens (tertiary/aromatic N) is 5. The minimum absolute atomic E-state index is 0.112. The number of rotatable bonds is 1. The molecule has 2 saturated heterocycles. The fourth-order valence-electron chi connectivity index (χ4n) is 3.16. The molecule has 10 nitrogen and oxygen atoms in total. The summed E-state index contributed by atoms with van der Waals surface area (Å²) in [5, 5.41) is 5.23. The molecule has 26 heavy (non-hydrogen) atoms. The average molecular weight is 365 g/mol. The average Bonchev–Trinajstić information content (AvgIpc) is 2.69. The normalized spacial score (nSPS) is 21.6. The molecule has 0 unspecified atom stereocenters. The summed E-state index contributed by atoms with van der Waals surface area (Å²) < 4.78 is 5.19. The van der Waals surface area contributed by atoms with Crippen LogP contribution >= 0.6 is 0 Å². The van der Waals surface area contributed by atoms with Gasteiger partial charge in [0.25, 0.3) is 5.91 Å². The highest BCUT2D eigenvalue weighted by Crippen LogP contribution is 2.12. The van der Waals surface area contributed by atoms with Gasteiger partial charge in [-0.3, -0.25) is 19.2 Å². The van der Waals surface area contributed by atoms with Crippen LogP contribution in [0.25, 0.3) is 0 Å². The minimum atomic E-state index is -0.528. The van der Waals surface area contributed by atoms with E-state index in [9.17, 15) is 19.2 Å². The lowest BCUT2D eigenvalue weighted by atomic mass is 10.1. The minimum Gasteiger partial charge on any atom is -0.378 e. The van der Waals surface area contributed by atoms with Crippen LogP contribution in [0.5, 0.6) is 0 Å². The monoisotopic (exact) mass is 365 g/mol. The van der Waals surface area contributed by atoms with Gasteiger partial charge in [0.15, 0.2) is 0 Å². The fraction of sp³-hybridized carbons (Fsp3) is 0.688. The Morgan fingerprint density at radius 3 is 1.96 bits per heavy atom. The number of amides is 4. The van der Waals surface area contributed by atoms with Crippen LogP contribution < -0.4 is 0 Å². The van der Waals surface area contributed by atoms with E-state index < -0.39 is 11.8 Å². The van der Waals surface area contributed by atoms with E-state index in [1.54, 1.807) is 4.90 Å². The molecule has 3 aliphatic heterocycles. The van der Waals surface area contributed by atoms with Gasteiger partial charge in [0, 0.05) is 59.2 Å². The third-order valence-electron chi connectivity index (χ3n) is 4.79. The van der Waals surface area contributed by atoms with Crippen LogP contribution in [0.3, 0.4) is 0 Å². The third kappa shape index (κ3) is 3.85. The molecule has 4 amide bonds. The number of carbonyl (C=O) groups is 4. The van der Waals surface area contributed by atoms with Gasteiger partial charge in [0.2, 0.25) is 5.91 Å². The van der Waals surface area contributed by atoms with Gasteiger partial charge in [0.05, 0.1) is 13.2 Å². The quantitative estimate of drug-likeness (QED) is 0.506. The summed E-state index contributed by atoms with van der Waals surface area (Å²) in [6, 6.07) is 0. The van der Waals surface area contributed by atoms with Crippen LogP contribution in [0.1, 0.15) is 12.8 Å². The van der Waals surface area contributed by atoms with Crippen molar-refractivity contribution in [3.05, 3.63) is 0 Å². The number of carbonyl (C=O) groups excluding carboxylic acids is 4. The van der Waals surface area contributed by atoms with Crippen LogP contribution in [0.15, 0.2) is 5.10 Å². The molecule has 0 spiro atoms. The Morgan fingerprint density at radius 1 is 0.846 bits per heavy atom. The van der Waals surface area contributed by atoms with Crippen molar-refractivity contribution in [2.24, 2.45) is 5.10 Å². The molecule has 0 N–H and O–H groups in total. The smallest absolute Gasteiger partial charge is 0.312 e. The summed E-state index contributed by atoms with van der Waals surface area (Å²) in [5.74, 6) is -1.36. The Labute approximate surface area is 151 Å². The molecule has 0 aliphatic carbocycles. The largest absolute Gasteiger partial charge is 0.378 e. The molecule has 0 bridgehead atoms. The summed E-state index contributed by atoms with van der Waals surface area (Å²) in [7, 11) is 1.53. The predicted octanol–water partition coefficient (Wildman–Crippen LogP) is -1.88. The van der Waals surface area contributed by atoms with E-state index in [1.165, 1.54) is 21.9 Å². The zero-order valence-corrected chi connectivity index (χ0v) is 14.8. The molecular formula is C16H23N5O5. The van der Waals surface area contributed by atoms with Crippen molar-refractivity contribution in [1.82, 2.24) is 19.7 Å². The maximum atomic E-state index is 12.5. The molecule has 3 rings (SSSR count). The van der Waals surface area contributed by atoms with Crippen molar-refractivity contribution in [3.8, 4) is 0 Å². The van der Waals surface area contributed by atoms with E-state index in [4.69, 9.17) is 4.74 Å². The molecule has 3 aliphatic rings. The standard InChI is InChI=1S/C16H23N5O5/c1-18-13(22)3-2-12(17-18)14(23)19-4-6-20(7-5-19)15(24)16(25)21-8-10-26-11-9-21/h2-11H2,1H3. The van der Waals surface area contributed by atoms with Crippen LogP contribution in [0.4, 0.5) is 0 Å². The van der Waals surface area contributed by atoms with Gasteiger partial charge < -0.3 is 19.4 Å². The first-order valence-corrected chi connectivity index (χ1v) is 8.76. The SMILES string of the molecule is CN1N=C(C(=O)N2CCN(C(=O)C(=O)N3CCOCC3)CC2)CCC1=O. The zero-order valence-electron chi connectivity index (χ0n) is 14.8. The van der Waals surface area contributed by atoms with Crippen molar-refractivity contribution < 1.29 is 23.9 Å².